The molecule has 0 bridgehead atoms. The lowest BCUT2D eigenvalue weighted by Crippen LogP contribution is -2.03. The lowest BCUT2D eigenvalue weighted by molar-refractivity contribution is 0.613. The van der Waals surface area contributed by atoms with E-state index in [1.807, 2.05) is 25.1 Å². The Balaban J connectivity index is 2.16. The van der Waals surface area contributed by atoms with Gasteiger partial charge in [-0.3, -0.25) is 0 Å². The van der Waals surface area contributed by atoms with Crippen molar-refractivity contribution in [3.05, 3.63) is 62.8 Å². The Morgan fingerprint density at radius 3 is 2.78 bits per heavy atom. The van der Waals surface area contributed by atoms with Crippen molar-refractivity contribution in [3.63, 3.8) is 0 Å². The summed E-state index contributed by atoms with van der Waals surface area (Å²) >= 11 is 9.27. The fourth-order valence-corrected chi connectivity index (χ4v) is 2.21. The molecule has 0 aromatic heterocycles. The molecule has 0 aliphatic carbocycles. The number of aryl methyl sites for hydroxylation is 1. The highest BCUT2D eigenvalue weighted by atomic mass is 79.9. The Hall–Kier alpha value is -1.06. The highest BCUT2D eigenvalue weighted by molar-refractivity contribution is 9.10. The molecule has 4 heteroatoms. The number of rotatable bonds is 3. The van der Waals surface area contributed by atoms with Gasteiger partial charge in [0.2, 0.25) is 0 Å². The second-order valence-electron chi connectivity index (χ2n) is 4.05. The Kier molecular flexibility index (Phi) is 4.25. The van der Waals surface area contributed by atoms with Crippen LogP contribution >= 0.6 is 27.5 Å². The van der Waals surface area contributed by atoms with Crippen LogP contribution in [-0.2, 0) is 6.54 Å². The van der Waals surface area contributed by atoms with Crippen LogP contribution in [0, 0.1) is 12.7 Å². The smallest absolute Gasteiger partial charge is 0.128 e. The van der Waals surface area contributed by atoms with Gasteiger partial charge in [-0.15, -0.1) is 0 Å². The minimum absolute atomic E-state index is 0.250. The molecule has 0 radical (unpaired) electrons. The number of halogens is 3. The van der Waals surface area contributed by atoms with Crippen molar-refractivity contribution in [1.82, 2.24) is 0 Å². The molecule has 2 aromatic carbocycles. The average molecular weight is 329 g/mol. The summed E-state index contributed by atoms with van der Waals surface area (Å²) in [6.45, 7) is 2.41. The summed E-state index contributed by atoms with van der Waals surface area (Å²) in [4.78, 5) is 0. The standard InChI is InChI=1S/C14H12BrClFN/c1-9-2-3-11(15)7-14(9)18-8-10-6-12(16)4-5-13(10)17/h2-7,18H,8H2,1H3. The highest BCUT2D eigenvalue weighted by Gasteiger charge is 2.04. The van der Waals surface area contributed by atoms with Crippen LogP contribution in [0.2, 0.25) is 5.02 Å². The van der Waals surface area contributed by atoms with Gasteiger partial charge in [-0.2, -0.15) is 0 Å². The van der Waals surface area contributed by atoms with Gasteiger partial charge in [0.25, 0.3) is 0 Å². The Bertz CT molecular complexity index is 520. The summed E-state index contributed by atoms with van der Waals surface area (Å²) in [5.41, 5.74) is 2.64. The van der Waals surface area contributed by atoms with E-state index < -0.39 is 0 Å². The lowest BCUT2D eigenvalue weighted by atomic mass is 10.1. The van der Waals surface area contributed by atoms with Gasteiger partial charge < -0.3 is 5.32 Å². The third kappa shape index (κ3) is 3.24. The Morgan fingerprint density at radius 2 is 2.00 bits per heavy atom. The van der Waals surface area contributed by atoms with Crippen molar-refractivity contribution in [3.8, 4) is 0 Å². The summed E-state index contributed by atoms with van der Waals surface area (Å²) in [5, 5.41) is 3.75. The molecule has 0 fully saturated rings. The van der Waals surface area contributed by atoms with E-state index in [1.165, 1.54) is 6.07 Å². The van der Waals surface area contributed by atoms with Crippen LogP contribution in [-0.4, -0.2) is 0 Å². The van der Waals surface area contributed by atoms with Crippen molar-refractivity contribution < 1.29 is 4.39 Å². The molecule has 0 saturated heterocycles. The normalized spacial score (nSPS) is 10.4. The van der Waals surface area contributed by atoms with Gasteiger partial charge in [0.15, 0.2) is 0 Å². The summed E-state index contributed by atoms with van der Waals surface area (Å²) in [7, 11) is 0. The highest BCUT2D eigenvalue weighted by Crippen LogP contribution is 2.22. The summed E-state index contributed by atoms with van der Waals surface area (Å²) in [6.07, 6.45) is 0. The van der Waals surface area contributed by atoms with Crippen LogP contribution < -0.4 is 5.32 Å². The molecule has 0 saturated carbocycles. The van der Waals surface area contributed by atoms with Crippen LogP contribution in [0.15, 0.2) is 40.9 Å². The van der Waals surface area contributed by atoms with Crippen molar-refractivity contribution in [2.45, 2.75) is 13.5 Å². The molecule has 0 spiro atoms. The van der Waals surface area contributed by atoms with Crippen LogP contribution in [0.25, 0.3) is 0 Å². The molecular formula is C14H12BrClFN. The molecule has 1 nitrogen and oxygen atoms in total. The van der Waals surface area contributed by atoms with Crippen LogP contribution in [0.5, 0.6) is 0 Å². The number of hydrogen-bond acceptors (Lipinski definition) is 1. The van der Waals surface area contributed by atoms with Crippen molar-refractivity contribution in [2.24, 2.45) is 0 Å². The fourth-order valence-electron chi connectivity index (χ4n) is 1.65. The first-order chi connectivity index (χ1) is 8.56. The molecule has 94 valence electrons. The molecule has 0 aliphatic heterocycles. The maximum atomic E-state index is 13.5. The van der Waals surface area contributed by atoms with Crippen LogP contribution in [0.4, 0.5) is 10.1 Å². The van der Waals surface area contributed by atoms with Gasteiger partial charge in [0.05, 0.1) is 0 Å². The molecule has 0 unspecified atom stereocenters. The van der Waals surface area contributed by atoms with E-state index in [-0.39, 0.29) is 5.82 Å². The van der Waals surface area contributed by atoms with E-state index in [4.69, 9.17) is 11.6 Å². The van der Waals surface area contributed by atoms with Gasteiger partial charge in [0.1, 0.15) is 5.82 Å². The number of nitrogens with one attached hydrogen (secondary N) is 1. The SMILES string of the molecule is Cc1ccc(Br)cc1NCc1cc(Cl)ccc1F. The molecular weight excluding hydrogens is 317 g/mol. The van der Waals surface area contributed by atoms with E-state index in [9.17, 15) is 4.39 Å². The third-order valence-electron chi connectivity index (χ3n) is 2.68. The zero-order chi connectivity index (χ0) is 13.1. The molecule has 2 rings (SSSR count). The average Bonchev–Trinajstić information content (AvgIpc) is 2.34. The first-order valence-corrected chi connectivity index (χ1v) is 6.67. The van der Waals surface area contributed by atoms with Gasteiger partial charge in [0, 0.05) is 27.3 Å². The third-order valence-corrected chi connectivity index (χ3v) is 3.41. The maximum absolute atomic E-state index is 13.5. The van der Waals surface area contributed by atoms with E-state index >= 15 is 0 Å². The number of hydrogen-bond donors (Lipinski definition) is 1. The van der Waals surface area contributed by atoms with Gasteiger partial charge in [-0.25, -0.2) is 4.39 Å². The Morgan fingerprint density at radius 1 is 1.22 bits per heavy atom. The van der Waals surface area contributed by atoms with Crippen molar-refractivity contribution in [1.29, 1.82) is 0 Å². The van der Waals surface area contributed by atoms with E-state index in [2.05, 4.69) is 21.2 Å². The molecule has 1 N–H and O–H groups in total. The van der Waals surface area contributed by atoms with E-state index in [1.54, 1.807) is 12.1 Å². The molecule has 0 aliphatic rings. The quantitative estimate of drug-likeness (QED) is 0.820. The molecule has 0 atom stereocenters. The zero-order valence-corrected chi connectivity index (χ0v) is 12.1. The van der Waals surface area contributed by atoms with Crippen molar-refractivity contribution in [2.75, 3.05) is 5.32 Å². The predicted molar refractivity (Wildman–Crippen MR) is 77.6 cm³/mol. The molecule has 0 heterocycles. The number of anilines is 1. The molecule has 2 aromatic rings. The minimum atomic E-state index is -0.250. The van der Waals surface area contributed by atoms with Gasteiger partial charge in [-0.1, -0.05) is 33.6 Å². The van der Waals surface area contributed by atoms with Crippen LogP contribution in [0.1, 0.15) is 11.1 Å². The van der Waals surface area contributed by atoms with Crippen molar-refractivity contribution >= 4 is 33.2 Å². The lowest BCUT2D eigenvalue weighted by Gasteiger charge is -2.11. The second-order valence-corrected chi connectivity index (χ2v) is 5.40. The summed E-state index contributed by atoms with van der Waals surface area (Å²) in [5.74, 6) is -0.250. The fraction of sp³-hybridized carbons (Fsp3) is 0.143. The van der Waals surface area contributed by atoms with Gasteiger partial charge >= 0.3 is 0 Å². The second kappa shape index (κ2) is 5.72. The Labute approximate surface area is 119 Å². The molecule has 18 heavy (non-hydrogen) atoms. The first-order valence-electron chi connectivity index (χ1n) is 5.50. The largest absolute Gasteiger partial charge is 0.381 e. The molecule has 0 amide bonds. The monoisotopic (exact) mass is 327 g/mol. The van der Waals surface area contributed by atoms with Crippen LogP contribution in [0.3, 0.4) is 0 Å². The summed E-state index contributed by atoms with van der Waals surface area (Å²) < 4.78 is 14.5. The predicted octanol–water partition coefficient (Wildman–Crippen LogP) is 5.16. The van der Waals surface area contributed by atoms with E-state index in [0.717, 1.165) is 15.7 Å². The maximum Gasteiger partial charge on any atom is 0.128 e. The number of benzene rings is 2. The van der Waals surface area contributed by atoms with Gasteiger partial charge in [-0.05, 0) is 42.8 Å². The zero-order valence-electron chi connectivity index (χ0n) is 9.81. The topological polar surface area (TPSA) is 12.0 Å². The van der Waals surface area contributed by atoms with E-state index in [0.29, 0.717) is 17.1 Å². The summed E-state index contributed by atoms with van der Waals surface area (Å²) in [6, 6.07) is 10.5. The minimum Gasteiger partial charge on any atom is -0.381 e. The first kappa shape index (κ1) is 13.4.